The lowest BCUT2D eigenvalue weighted by atomic mass is 10.0. The summed E-state index contributed by atoms with van der Waals surface area (Å²) in [4.78, 5) is 16.9. The minimum Gasteiger partial charge on any atom is -0.311 e. The molecular formula is C18H27N3O. The van der Waals surface area contributed by atoms with Crippen molar-refractivity contribution in [2.45, 2.75) is 33.1 Å². The molecule has 0 aliphatic carbocycles. The van der Waals surface area contributed by atoms with Gasteiger partial charge in [0.15, 0.2) is 0 Å². The highest BCUT2D eigenvalue weighted by atomic mass is 16.2. The van der Waals surface area contributed by atoms with Crippen LogP contribution in [0.2, 0.25) is 0 Å². The Bertz CT molecular complexity index is 555. The molecule has 120 valence electrons. The largest absolute Gasteiger partial charge is 0.311 e. The third-order valence-corrected chi connectivity index (χ3v) is 4.73. The minimum atomic E-state index is 0.232. The van der Waals surface area contributed by atoms with Gasteiger partial charge in [-0.2, -0.15) is 0 Å². The highest BCUT2D eigenvalue weighted by Gasteiger charge is 2.27. The molecule has 1 atom stereocenters. The van der Waals surface area contributed by atoms with Crippen LogP contribution in [-0.2, 0) is 11.2 Å². The van der Waals surface area contributed by atoms with Crippen LogP contribution in [0.3, 0.4) is 0 Å². The first-order chi connectivity index (χ1) is 10.5. The van der Waals surface area contributed by atoms with Gasteiger partial charge in [-0.3, -0.25) is 9.69 Å². The predicted molar refractivity (Wildman–Crippen MR) is 90.2 cm³/mol. The molecule has 2 heterocycles. The quantitative estimate of drug-likeness (QED) is 0.929. The molecule has 0 unspecified atom stereocenters. The van der Waals surface area contributed by atoms with E-state index in [0.29, 0.717) is 18.4 Å². The van der Waals surface area contributed by atoms with Crippen molar-refractivity contribution < 1.29 is 4.79 Å². The van der Waals surface area contributed by atoms with E-state index in [1.54, 1.807) is 0 Å². The summed E-state index contributed by atoms with van der Waals surface area (Å²) < 4.78 is 0. The van der Waals surface area contributed by atoms with Gasteiger partial charge in [-0.25, -0.2) is 0 Å². The van der Waals surface area contributed by atoms with Crippen LogP contribution in [-0.4, -0.2) is 43.7 Å². The lowest BCUT2D eigenvalue weighted by Crippen LogP contribution is -2.50. The number of hydrogen-bond donors (Lipinski definition) is 1. The Kier molecular flexibility index (Phi) is 4.50. The van der Waals surface area contributed by atoms with E-state index >= 15 is 0 Å². The Balaban J connectivity index is 1.71. The number of rotatable bonds is 3. The molecule has 0 spiro atoms. The smallest absolute Gasteiger partial charge is 0.241 e. The van der Waals surface area contributed by atoms with E-state index < -0.39 is 0 Å². The summed E-state index contributed by atoms with van der Waals surface area (Å²) >= 11 is 0. The van der Waals surface area contributed by atoms with Gasteiger partial charge in [0.05, 0.1) is 6.54 Å². The lowest BCUT2D eigenvalue weighted by Gasteiger charge is -2.32. The number of hydrogen-bond acceptors (Lipinski definition) is 3. The van der Waals surface area contributed by atoms with Gasteiger partial charge in [0.25, 0.3) is 0 Å². The minimum absolute atomic E-state index is 0.232. The second kappa shape index (κ2) is 6.39. The van der Waals surface area contributed by atoms with Crippen molar-refractivity contribution in [2.75, 3.05) is 37.7 Å². The number of fused-ring (bicyclic) bond motifs is 1. The van der Waals surface area contributed by atoms with Crippen LogP contribution in [0.25, 0.3) is 0 Å². The maximum Gasteiger partial charge on any atom is 0.241 e. The number of anilines is 1. The summed E-state index contributed by atoms with van der Waals surface area (Å²) in [7, 11) is 0. The maximum atomic E-state index is 12.7. The highest BCUT2D eigenvalue weighted by molar-refractivity contribution is 5.96. The zero-order valence-corrected chi connectivity index (χ0v) is 13.9. The van der Waals surface area contributed by atoms with Gasteiger partial charge in [0.2, 0.25) is 5.91 Å². The Labute approximate surface area is 133 Å². The Morgan fingerprint density at radius 1 is 1.41 bits per heavy atom. The first-order valence-electron chi connectivity index (χ1n) is 8.41. The van der Waals surface area contributed by atoms with Crippen LogP contribution in [0.15, 0.2) is 18.2 Å². The molecule has 1 aromatic rings. The van der Waals surface area contributed by atoms with Gasteiger partial charge < -0.3 is 10.2 Å². The monoisotopic (exact) mass is 301 g/mol. The maximum absolute atomic E-state index is 12.7. The van der Waals surface area contributed by atoms with E-state index in [9.17, 15) is 4.79 Å². The van der Waals surface area contributed by atoms with E-state index in [1.165, 1.54) is 11.1 Å². The van der Waals surface area contributed by atoms with Gasteiger partial charge in [-0.05, 0) is 35.4 Å². The summed E-state index contributed by atoms with van der Waals surface area (Å²) in [6, 6.07) is 6.61. The highest BCUT2D eigenvalue weighted by Crippen LogP contribution is 2.31. The molecule has 4 nitrogen and oxygen atoms in total. The SMILES string of the molecule is CC(C)c1ccc2c(c1)N(C(=O)CN1CNC[C@H](C)C1)CC2. The second-order valence-corrected chi connectivity index (χ2v) is 7.07. The molecule has 1 N–H and O–H groups in total. The van der Waals surface area contributed by atoms with Gasteiger partial charge in [-0.15, -0.1) is 0 Å². The van der Waals surface area contributed by atoms with Crippen molar-refractivity contribution in [1.82, 2.24) is 10.2 Å². The van der Waals surface area contributed by atoms with Gasteiger partial charge in [0, 0.05) is 32.0 Å². The fourth-order valence-electron chi connectivity index (χ4n) is 3.45. The molecule has 4 heteroatoms. The van der Waals surface area contributed by atoms with Crippen LogP contribution in [0.5, 0.6) is 0 Å². The molecule has 2 aliphatic rings. The van der Waals surface area contributed by atoms with E-state index in [2.05, 4.69) is 49.2 Å². The molecule has 1 aromatic carbocycles. The molecule has 3 rings (SSSR count). The average molecular weight is 301 g/mol. The van der Waals surface area contributed by atoms with Crippen molar-refractivity contribution in [3.05, 3.63) is 29.3 Å². The molecule has 22 heavy (non-hydrogen) atoms. The molecule has 0 aromatic heterocycles. The molecule has 1 fully saturated rings. The molecule has 0 radical (unpaired) electrons. The average Bonchev–Trinajstić information content (AvgIpc) is 2.90. The first kappa shape index (κ1) is 15.5. The first-order valence-corrected chi connectivity index (χ1v) is 8.41. The van der Waals surface area contributed by atoms with Crippen molar-refractivity contribution in [2.24, 2.45) is 5.92 Å². The zero-order valence-electron chi connectivity index (χ0n) is 13.9. The number of carbonyl (C=O) groups is 1. The van der Waals surface area contributed by atoms with Crippen molar-refractivity contribution in [3.8, 4) is 0 Å². The summed E-state index contributed by atoms with van der Waals surface area (Å²) in [6.45, 7) is 10.8. The van der Waals surface area contributed by atoms with Crippen LogP contribution < -0.4 is 10.2 Å². The third-order valence-electron chi connectivity index (χ3n) is 4.73. The van der Waals surface area contributed by atoms with E-state index in [4.69, 9.17) is 0 Å². The summed E-state index contributed by atoms with van der Waals surface area (Å²) in [5.41, 5.74) is 3.75. The molecule has 1 saturated heterocycles. The number of nitrogens with zero attached hydrogens (tertiary/aromatic N) is 2. The fourth-order valence-corrected chi connectivity index (χ4v) is 3.45. The summed E-state index contributed by atoms with van der Waals surface area (Å²) in [6.07, 6.45) is 0.980. The second-order valence-electron chi connectivity index (χ2n) is 7.07. The standard InChI is InChI=1S/C18H27N3O/c1-13(2)16-5-4-15-6-7-21(17(15)8-16)18(22)11-20-10-14(3)9-19-12-20/h4-5,8,13-14,19H,6-7,9-12H2,1-3H3/t14-/m0/s1. The van der Waals surface area contributed by atoms with Crippen LogP contribution >= 0.6 is 0 Å². The van der Waals surface area contributed by atoms with Crippen molar-refractivity contribution in [3.63, 3.8) is 0 Å². The number of amides is 1. The third kappa shape index (κ3) is 3.18. The Hall–Kier alpha value is -1.39. The number of carbonyl (C=O) groups excluding carboxylic acids is 1. The topological polar surface area (TPSA) is 35.6 Å². The van der Waals surface area contributed by atoms with E-state index in [-0.39, 0.29) is 5.91 Å². The Morgan fingerprint density at radius 3 is 2.95 bits per heavy atom. The van der Waals surface area contributed by atoms with E-state index in [0.717, 1.165) is 38.4 Å². The van der Waals surface area contributed by atoms with Crippen LogP contribution in [0, 0.1) is 5.92 Å². The van der Waals surface area contributed by atoms with E-state index in [1.807, 2.05) is 4.90 Å². The fraction of sp³-hybridized carbons (Fsp3) is 0.611. The number of benzene rings is 1. The van der Waals surface area contributed by atoms with Gasteiger partial charge in [-0.1, -0.05) is 32.9 Å². The predicted octanol–water partition coefficient (Wildman–Crippen LogP) is 2.20. The summed E-state index contributed by atoms with van der Waals surface area (Å²) in [5.74, 6) is 1.34. The molecule has 0 saturated carbocycles. The van der Waals surface area contributed by atoms with Crippen LogP contribution in [0.4, 0.5) is 5.69 Å². The lowest BCUT2D eigenvalue weighted by molar-refractivity contribution is -0.120. The van der Waals surface area contributed by atoms with Crippen molar-refractivity contribution in [1.29, 1.82) is 0 Å². The van der Waals surface area contributed by atoms with Gasteiger partial charge >= 0.3 is 0 Å². The molecule has 2 aliphatic heterocycles. The summed E-state index contributed by atoms with van der Waals surface area (Å²) in [5, 5.41) is 3.38. The van der Waals surface area contributed by atoms with Crippen LogP contribution in [0.1, 0.15) is 37.8 Å². The number of nitrogens with one attached hydrogen (secondary N) is 1. The molecular weight excluding hydrogens is 274 g/mol. The van der Waals surface area contributed by atoms with Crippen molar-refractivity contribution >= 4 is 11.6 Å². The molecule has 0 bridgehead atoms. The Morgan fingerprint density at radius 2 is 2.23 bits per heavy atom. The molecule has 1 amide bonds. The normalized spacial score (nSPS) is 22.2. The zero-order chi connectivity index (χ0) is 15.7. The van der Waals surface area contributed by atoms with Gasteiger partial charge in [0.1, 0.15) is 0 Å².